The molecule has 8 heteroatoms. The summed E-state index contributed by atoms with van der Waals surface area (Å²) in [5.41, 5.74) is 3.48. The van der Waals surface area contributed by atoms with Crippen LogP contribution in [0, 0.1) is 0 Å². The Morgan fingerprint density at radius 3 is 2.61 bits per heavy atom. The second-order valence-electron chi connectivity index (χ2n) is 8.85. The van der Waals surface area contributed by atoms with Crippen LogP contribution in [0.3, 0.4) is 0 Å². The fraction of sp³-hybridized carbons (Fsp3) is 0.233. The Balaban J connectivity index is 1.71. The molecule has 1 aliphatic heterocycles. The molecular weight excluding hydrogens is 498 g/mol. The number of benzene rings is 2. The fourth-order valence-electron chi connectivity index (χ4n) is 4.84. The molecule has 0 fully saturated rings. The van der Waals surface area contributed by atoms with Crippen LogP contribution in [0.4, 0.5) is 0 Å². The van der Waals surface area contributed by atoms with Crippen molar-refractivity contribution in [3.8, 4) is 5.75 Å². The lowest BCUT2D eigenvalue weighted by molar-refractivity contribution is -0.139. The summed E-state index contributed by atoms with van der Waals surface area (Å²) in [5, 5.41) is 1.05. The number of allylic oxidation sites excluding steroid dienone is 2. The number of carbonyl (C=O) groups is 1. The van der Waals surface area contributed by atoms with Gasteiger partial charge in [0.25, 0.3) is 5.56 Å². The van der Waals surface area contributed by atoms with E-state index in [1.807, 2.05) is 67.7 Å². The largest absolute Gasteiger partial charge is 0.494 e. The number of thiazole rings is 1. The first-order chi connectivity index (χ1) is 18.5. The Labute approximate surface area is 224 Å². The van der Waals surface area contributed by atoms with Crippen molar-refractivity contribution in [2.24, 2.45) is 4.99 Å². The molecule has 0 unspecified atom stereocenters. The number of esters is 1. The van der Waals surface area contributed by atoms with E-state index in [1.165, 1.54) is 11.3 Å². The van der Waals surface area contributed by atoms with Crippen molar-refractivity contribution >= 4 is 34.3 Å². The van der Waals surface area contributed by atoms with E-state index < -0.39 is 12.0 Å². The number of carbonyl (C=O) groups excluding carboxylic acids is 1. The molecule has 7 nitrogen and oxygen atoms in total. The molecule has 0 aliphatic carbocycles. The third-order valence-corrected chi connectivity index (χ3v) is 7.44. The molecule has 4 aromatic rings. The smallest absolute Gasteiger partial charge is 0.338 e. The Morgan fingerprint density at radius 2 is 1.89 bits per heavy atom. The van der Waals surface area contributed by atoms with E-state index in [1.54, 1.807) is 18.4 Å². The average molecular weight is 528 g/mol. The molecule has 1 atom stereocenters. The SMILES string of the molecule is C=CCn1cc(C=c2sc3n(c2=O)[C@H](c2ccc(OCC)cc2)C(C(=O)OCC)=C(C)N=3)c2ccccc21. The van der Waals surface area contributed by atoms with E-state index in [0.29, 0.717) is 33.8 Å². The summed E-state index contributed by atoms with van der Waals surface area (Å²) in [7, 11) is 0. The van der Waals surface area contributed by atoms with Crippen LogP contribution in [0.2, 0.25) is 0 Å². The predicted molar refractivity (Wildman–Crippen MR) is 150 cm³/mol. The van der Waals surface area contributed by atoms with E-state index in [2.05, 4.69) is 22.2 Å². The minimum Gasteiger partial charge on any atom is -0.494 e. The lowest BCUT2D eigenvalue weighted by Gasteiger charge is -2.24. The zero-order chi connectivity index (χ0) is 26.8. The molecule has 194 valence electrons. The number of hydrogen-bond donors (Lipinski definition) is 0. The topological polar surface area (TPSA) is 74.8 Å². The van der Waals surface area contributed by atoms with Gasteiger partial charge in [0, 0.05) is 29.2 Å². The van der Waals surface area contributed by atoms with E-state index >= 15 is 0 Å². The van der Waals surface area contributed by atoms with Crippen LogP contribution in [0.15, 0.2) is 88.4 Å². The van der Waals surface area contributed by atoms with Crippen LogP contribution in [0.25, 0.3) is 17.0 Å². The first kappa shape index (κ1) is 25.5. The van der Waals surface area contributed by atoms with Crippen LogP contribution in [-0.2, 0) is 16.1 Å². The van der Waals surface area contributed by atoms with Crippen LogP contribution < -0.4 is 19.6 Å². The highest BCUT2D eigenvalue weighted by atomic mass is 32.1. The van der Waals surface area contributed by atoms with Gasteiger partial charge in [-0.05, 0) is 50.6 Å². The molecule has 0 amide bonds. The van der Waals surface area contributed by atoms with Gasteiger partial charge in [-0.15, -0.1) is 6.58 Å². The summed E-state index contributed by atoms with van der Waals surface area (Å²) < 4.78 is 15.2. The monoisotopic (exact) mass is 527 g/mol. The standard InChI is InChI=1S/C30H29N3O4S/c1-5-16-32-18-21(23-10-8-9-11-24(23)32)17-25-28(34)33-27(20-12-14-22(15-13-20)36-6-2)26(29(35)37-7-3)19(4)31-30(33)38-25/h5,8-15,17-18,27H,1,6-7,16H2,2-4H3/t27-/m1/s1. The van der Waals surface area contributed by atoms with Crippen LogP contribution in [0.1, 0.15) is 37.9 Å². The fourth-order valence-corrected chi connectivity index (χ4v) is 5.88. The van der Waals surface area contributed by atoms with Gasteiger partial charge in [-0.3, -0.25) is 9.36 Å². The number of nitrogens with zero attached hydrogens (tertiary/aromatic N) is 3. The molecule has 0 saturated heterocycles. The number of para-hydroxylation sites is 1. The van der Waals surface area contributed by atoms with E-state index in [0.717, 1.165) is 27.8 Å². The van der Waals surface area contributed by atoms with Gasteiger partial charge >= 0.3 is 5.97 Å². The van der Waals surface area contributed by atoms with Crippen molar-refractivity contribution in [3.05, 3.63) is 109 Å². The number of rotatable bonds is 8. The van der Waals surface area contributed by atoms with E-state index in [-0.39, 0.29) is 12.2 Å². The van der Waals surface area contributed by atoms with Crippen molar-refractivity contribution in [2.45, 2.75) is 33.4 Å². The van der Waals surface area contributed by atoms with Gasteiger partial charge in [0.2, 0.25) is 0 Å². The summed E-state index contributed by atoms with van der Waals surface area (Å²) in [6.07, 6.45) is 5.79. The van der Waals surface area contributed by atoms with Gasteiger partial charge < -0.3 is 14.0 Å². The second-order valence-corrected chi connectivity index (χ2v) is 9.86. The molecule has 0 saturated carbocycles. The van der Waals surface area contributed by atoms with Crippen LogP contribution >= 0.6 is 11.3 Å². The predicted octanol–water partition coefficient (Wildman–Crippen LogP) is 4.34. The van der Waals surface area contributed by atoms with Crippen LogP contribution in [0.5, 0.6) is 5.75 Å². The summed E-state index contributed by atoms with van der Waals surface area (Å²) in [6.45, 7) is 10.8. The summed E-state index contributed by atoms with van der Waals surface area (Å²) >= 11 is 1.32. The molecule has 5 rings (SSSR count). The third-order valence-electron chi connectivity index (χ3n) is 6.46. The van der Waals surface area contributed by atoms with Gasteiger partial charge in [-0.1, -0.05) is 47.7 Å². The molecule has 2 aromatic carbocycles. The lowest BCUT2D eigenvalue weighted by atomic mass is 9.96. The van der Waals surface area contributed by atoms with E-state index in [4.69, 9.17) is 9.47 Å². The van der Waals surface area contributed by atoms with Crippen molar-refractivity contribution < 1.29 is 14.3 Å². The molecule has 2 aromatic heterocycles. The third kappa shape index (κ3) is 4.52. The average Bonchev–Trinajstić information content (AvgIpc) is 3.41. The molecule has 0 bridgehead atoms. The second kappa shape index (κ2) is 10.7. The minimum absolute atomic E-state index is 0.206. The zero-order valence-electron chi connectivity index (χ0n) is 21.6. The molecule has 38 heavy (non-hydrogen) atoms. The maximum Gasteiger partial charge on any atom is 0.338 e. The summed E-state index contributed by atoms with van der Waals surface area (Å²) in [6, 6.07) is 14.9. The van der Waals surface area contributed by atoms with Crippen molar-refractivity contribution in [3.63, 3.8) is 0 Å². The van der Waals surface area contributed by atoms with Crippen molar-refractivity contribution in [1.82, 2.24) is 9.13 Å². The Hall–Kier alpha value is -4.17. The van der Waals surface area contributed by atoms with Gasteiger partial charge in [-0.2, -0.15) is 0 Å². The van der Waals surface area contributed by atoms with Crippen LogP contribution in [-0.4, -0.2) is 28.3 Å². The molecular formula is C30H29N3O4S. The van der Waals surface area contributed by atoms with E-state index in [9.17, 15) is 9.59 Å². The first-order valence-electron chi connectivity index (χ1n) is 12.6. The van der Waals surface area contributed by atoms with Crippen molar-refractivity contribution in [1.29, 1.82) is 0 Å². The van der Waals surface area contributed by atoms with Gasteiger partial charge in [0.15, 0.2) is 4.80 Å². The highest BCUT2D eigenvalue weighted by Gasteiger charge is 2.33. The molecule has 0 N–H and O–H groups in total. The molecule has 1 aliphatic rings. The first-order valence-corrected chi connectivity index (χ1v) is 13.4. The van der Waals surface area contributed by atoms with Gasteiger partial charge in [-0.25, -0.2) is 9.79 Å². The molecule has 0 spiro atoms. The van der Waals surface area contributed by atoms with Gasteiger partial charge in [0.05, 0.1) is 35.1 Å². The molecule has 3 heterocycles. The van der Waals surface area contributed by atoms with Crippen molar-refractivity contribution in [2.75, 3.05) is 13.2 Å². The number of ether oxygens (including phenoxy) is 2. The normalized spacial score (nSPS) is 15.3. The number of fused-ring (bicyclic) bond motifs is 2. The minimum atomic E-state index is -0.662. The van der Waals surface area contributed by atoms with Gasteiger partial charge in [0.1, 0.15) is 5.75 Å². The highest BCUT2D eigenvalue weighted by molar-refractivity contribution is 7.07. The zero-order valence-corrected chi connectivity index (χ0v) is 22.5. The maximum atomic E-state index is 13.9. The number of hydrogen-bond acceptors (Lipinski definition) is 6. The number of aromatic nitrogens is 2. The lowest BCUT2D eigenvalue weighted by Crippen LogP contribution is -2.39. The maximum absolute atomic E-state index is 13.9. The Bertz CT molecular complexity index is 1740. The summed E-state index contributed by atoms with van der Waals surface area (Å²) in [5.74, 6) is 0.243. The Morgan fingerprint density at radius 1 is 1.13 bits per heavy atom. The molecule has 0 radical (unpaired) electrons. The Kier molecular flexibility index (Phi) is 7.15. The summed E-state index contributed by atoms with van der Waals surface area (Å²) in [4.78, 5) is 32.2. The quantitative estimate of drug-likeness (QED) is 0.252. The highest BCUT2D eigenvalue weighted by Crippen LogP contribution is 2.31.